The van der Waals surface area contributed by atoms with Crippen LogP contribution in [0.5, 0.6) is 0 Å². The zero-order chi connectivity index (χ0) is 16.7. The number of rotatable bonds is 7. The minimum Gasteiger partial charge on any atom is -0.347 e. The molecule has 6 heteroatoms. The predicted molar refractivity (Wildman–Crippen MR) is 90.5 cm³/mol. The van der Waals surface area contributed by atoms with Gasteiger partial charge in [-0.1, -0.05) is 6.08 Å². The van der Waals surface area contributed by atoms with Crippen LogP contribution in [0, 0.1) is 6.92 Å². The Morgan fingerprint density at radius 1 is 1.35 bits per heavy atom. The van der Waals surface area contributed by atoms with Gasteiger partial charge in [-0.05, 0) is 37.1 Å². The lowest BCUT2D eigenvalue weighted by molar-refractivity contribution is 0.0953. The van der Waals surface area contributed by atoms with Crippen LogP contribution in [0.3, 0.4) is 0 Å². The van der Waals surface area contributed by atoms with Crippen molar-refractivity contribution in [1.82, 2.24) is 20.3 Å². The van der Waals surface area contributed by atoms with Crippen LogP contribution >= 0.6 is 0 Å². The number of amides is 1. The van der Waals surface area contributed by atoms with Crippen molar-refractivity contribution in [2.75, 3.05) is 25.0 Å². The van der Waals surface area contributed by atoms with E-state index in [0.717, 1.165) is 18.7 Å². The predicted octanol–water partition coefficient (Wildman–Crippen LogP) is 1.77. The number of pyridine rings is 1. The van der Waals surface area contributed by atoms with Crippen molar-refractivity contribution in [3.8, 4) is 0 Å². The van der Waals surface area contributed by atoms with Gasteiger partial charge in [-0.25, -0.2) is 9.97 Å². The van der Waals surface area contributed by atoms with E-state index in [4.69, 9.17) is 0 Å². The molecule has 0 fully saturated rings. The Hall–Kier alpha value is -2.76. The second-order valence-corrected chi connectivity index (χ2v) is 5.22. The molecule has 23 heavy (non-hydrogen) atoms. The van der Waals surface area contributed by atoms with Gasteiger partial charge < -0.3 is 10.2 Å². The van der Waals surface area contributed by atoms with Crippen LogP contribution in [0.15, 0.2) is 43.2 Å². The summed E-state index contributed by atoms with van der Waals surface area (Å²) in [5.41, 5.74) is 2.32. The van der Waals surface area contributed by atoms with Crippen LogP contribution in [0.25, 0.3) is 0 Å². The quantitative estimate of drug-likeness (QED) is 0.789. The summed E-state index contributed by atoms with van der Waals surface area (Å²) in [4.78, 5) is 26.8. The highest BCUT2D eigenvalue weighted by atomic mass is 16.1. The Bertz CT molecular complexity index is 672. The number of carbonyl (C=O) groups excluding carboxylic acids is 1. The maximum atomic E-state index is 12.0. The SMILES string of the molecule is C=CCNC(=O)c1cc(C)nc(N(C)CCc2ccncc2)n1. The van der Waals surface area contributed by atoms with Gasteiger partial charge in [0, 0.05) is 38.2 Å². The molecule has 0 aliphatic carbocycles. The van der Waals surface area contributed by atoms with Crippen molar-refractivity contribution in [3.63, 3.8) is 0 Å². The van der Waals surface area contributed by atoms with E-state index in [-0.39, 0.29) is 5.91 Å². The highest BCUT2D eigenvalue weighted by Crippen LogP contribution is 2.10. The molecule has 0 atom stereocenters. The van der Waals surface area contributed by atoms with Crippen LogP contribution < -0.4 is 10.2 Å². The summed E-state index contributed by atoms with van der Waals surface area (Å²) in [5, 5.41) is 2.73. The fourth-order valence-electron chi connectivity index (χ4n) is 2.04. The van der Waals surface area contributed by atoms with Crippen molar-refractivity contribution in [2.45, 2.75) is 13.3 Å². The first-order valence-electron chi connectivity index (χ1n) is 7.45. The maximum Gasteiger partial charge on any atom is 0.270 e. The van der Waals surface area contributed by atoms with E-state index in [2.05, 4.69) is 26.8 Å². The number of nitrogens with zero attached hydrogens (tertiary/aromatic N) is 4. The van der Waals surface area contributed by atoms with Crippen molar-refractivity contribution < 1.29 is 4.79 Å². The molecule has 2 rings (SSSR count). The van der Waals surface area contributed by atoms with E-state index in [9.17, 15) is 4.79 Å². The molecule has 0 radical (unpaired) electrons. The number of carbonyl (C=O) groups is 1. The number of aryl methyl sites for hydroxylation is 1. The summed E-state index contributed by atoms with van der Waals surface area (Å²) in [7, 11) is 1.92. The summed E-state index contributed by atoms with van der Waals surface area (Å²) >= 11 is 0. The van der Waals surface area contributed by atoms with Crippen LogP contribution in [0.1, 0.15) is 21.7 Å². The summed E-state index contributed by atoms with van der Waals surface area (Å²) in [6.45, 7) is 6.60. The molecule has 0 saturated carbocycles. The number of hydrogen-bond acceptors (Lipinski definition) is 5. The molecule has 2 aromatic heterocycles. The largest absolute Gasteiger partial charge is 0.347 e. The van der Waals surface area contributed by atoms with E-state index < -0.39 is 0 Å². The average Bonchev–Trinajstić information content (AvgIpc) is 2.57. The topological polar surface area (TPSA) is 71.0 Å². The third-order valence-electron chi connectivity index (χ3n) is 3.31. The molecule has 0 spiro atoms. The highest BCUT2D eigenvalue weighted by Gasteiger charge is 2.12. The van der Waals surface area contributed by atoms with Crippen LogP contribution in [-0.4, -0.2) is 41.0 Å². The van der Waals surface area contributed by atoms with Gasteiger partial charge in [-0.15, -0.1) is 6.58 Å². The van der Waals surface area contributed by atoms with Gasteiger partial charge in [0.2, 0.25) is 5.95 Å². The van der Waals surface area contributed by atoms with Crippen LogP contribution in [0.4, 0.5) is 5.95 Å². The minimum atomic E-state index is -0.223. The van der Waals surface area contributed by atoms with E-state index in [1.54, 1.807) is 24.5 Å². The van der Waals surface area contributed by atoms with E-state index >= 15 is 0 Å². The van der Waals surface area contributed by atoms with Crippen molar-refractivity contribution >= 4 is 11.9 Å². The Kier molecular flexibility index (Phi) is 5.80. The van der Waals surface area contributed by atoms with Gasteiger partial charge in [0.05, 0.1) is 0 Å². The molecule has 0 aliphatic rings. The van der Waals surface area contributed by atoms with Crippen LogP contribution in [0.2, 0.25) is 0 Å². The Balaban J connectivity index is 2.07. The van der Waals surface area contributed by atoms with Gasteiger partial charge >= 0.3 is 0 Å². The van der Waals surface area contributed by atoms with Gasteiger partial charge in [0.25, 0.3) is 5.91 Å². The molecule has 0 unspecified atom stereocenters. The summed E-state index contributed by atoms with van der Waals surface area (Å²) < 4.78 is 0. The molecule has 2 aromatic rings. The number of hydrogen-bond donors (Lipinski definition) is 1. The monoisotopic (exact) mass is 311 g/mol. The fourth-order valence-corrected chi connectivity index (χ4v) is 2.04. The molecule has 0 aromatic carbocycles. The molecule has 1 amide bonds. The smallest absolute Gasteiger partial charge is 0.270 e. The molecule has 6 nitrogen and oxygen atoms in total. The lowest BCUT2D eigenvalue weighted by atomic mass is 10.2. The Morgan fingerprint density at radius 3 is 2.78 bits per heavy atom. The Morgan fingerprint density at radius 2 is 2.09 bits per heavy atom. The first-order valence-corrected chi connectivity index (χ1v) is 7.45. The normalized spacial score (nSPS) is 10.2. The molecule has 1 N–H and O–H groups in total. The fraction of sp³-hybridized carbons (Fsp3) is 0.294. The molecule has 120 valence electrons. The number of aromatic nitrogens is 3. The summed E-state index contributed by atoms with van der Waals surface area (Å²) in [5.74, 6) is 0.321. The molecular formula is C17H21N5O. The highest BCUT2D eigenvalue weighted by molar-refractivity contribution is 5.92. The first kappa shape index (κ1) is 16.6. The lowest BCUT2D eigenvalue weighted by Gasteiger charge is -2.18. The third-order valence-corrected chi connectivity index (χ3v) is 3.31. The molecule has 0 saturated heterocycles. The molecule has 0 bridgehead atoms. The van der Waals surface area contributed by atoms with Gasteiger partial charge in [-0.2, -0.15) is 0 Å². The van der Waals surface area contributed by atoms with E-state index in [0.29, 0.717) is 18.2 Å². The standard InChI is InChI=1S/C17H21N5O/c1-4-8-19-16(23)15-12-13(2)20-17(21-15)22(3)11-7-14-5-9-18-10-6-14/h4-6,9-10,12H,1,7-8,11H2,2-3H3,(H,19,23). The molecular weight excluding hydrogens is 290 g/mol. The summed E-state index contributed by atoms with van der Waals surface area (Å²) in [6, 6.07) is 5.65. The molecule has 0 aliphatic heterocycles. The number of nitrogens with one attached hydrogen (secondary N) is 1. The number of likely N-dealkylation sites (N-methyl/N-ethyl adjacent to an activating group) is 1. The van der Waals surface area contributed by atoms with E-state index in [1.165, 1.54) is 5.56 Å². The van der Waals surface area contributed by atoms with Gasteiger partial charge in [0.15, 0.2) is 0 Å². The third kappa shape index (κ3) is 4.88. The number of anilines is 1. The summed E-state index contributed by atoms with van der Waals surface area (Å²) in [6.07, 6.45) is 6.04. The molecule has 2 heterocycles. The first-order chi connectivity index (χ1) is 11.1. The second-order valence-electron chi connectivity index (χ2n) is 5.22. The van der Waals surface area contributed by atoms with Crippen molar-refractivity contribution in [1.29, 1.82) is 0 Å². The Labute approximate surface area is 136 Å². The van der Waals surface area contributed by atoms with Gasteiger partial charge in [-0.3, -0.25) is 9.78 Å². The zero-order valence-corrected chi connectivity index (χ0v) is 13.5. The maximum absolute atomic E-state index is 12.0. The van der Waals surface area contributed by atoms with Crippen LogP contribution in [-0.2, 0) is 6.42 Å². The van der Waals surface area contributed by atoms with Crippen molar-refractivity contribution in [2.24, 2.45) is 0 Å². The average molecular weight is 311 g/mol. The van der Waals surface area contributed by atoms with Crippen molar-refractivity contribution in [3.05, 3.63) is 60.2 Å². The zero-order valence-electron chi connectivity index (χ0n) is 13.5. The minimum absolute atomic E-state index is 0.223. The van der Waals surface area contributed by atoms with E-state index in [1.807, 2.05) is 31.0 Å². The lowest BCUT2D eigenvalue weighted by Crippen LogP contribution is -2.27. The van der Waals surface area contributed by atoms with Gasteiger partial charge in [0.1, 0.15) is 5.69 Å². The second kappa shape index (κ2) is 8.03.